The number of hydrogen-bond acceptors (Lipinski definition) is 3. The largest absolute Gasteiger partial charge is 0.381 e. The molecular weight excluding hydrogens is 379 g/mol. The third-order valence-corrected chi connectivity index (χ3v) is 5.72. The molecule has 2 aromatic carbocycles. The zero-order valence-corrected chi connectivity index (χ0v) is 17.0. The second-order valence-corrected chi connectivity index (χ2v) is 7.86. The summed E-state index contributed by atoms with van der Waals surface area (Å²) in [7, 11) is 3.91. The maximum Gasteiger partial charge on any atom is 0.231 e. The Kier molecular flexibility index (Phi) is 6.70. The highest BCUT2D eigenvalue weighted by Gasteiger charge is 2.43. The molecule has 1 saturated heterocycles. The van der Waals surface area contributed by atoms with Gasteiger partial charge in [-0.2, -0.15) is 0 Å². The van der Waals surface area contributed by atoms with E-state index in [1.165, 1.54) is 6.07 Å². The molecule has 0 spiro atoms. The summed E-state index contributed by atoms with van der Waals surface area (Å²) in [5.41, 5.74) is 0.555. The van der Waals surface area contributed by atoms with E-state index in [1.807, 2.05) is 43.3 Å². The van der Waals surface area contributed by atoms with Crippen LogP contribution in [0.5, 0.6) is 0 Å². The van der Waals surface area contributed by atoms with Crippen LogP contribution < -0.4 is 5.32 Å². The average molecular weight is 405 g/mol. The molecule has 150 valence electrons. The number of rotatable bonds is 6. The quantitative estimate of drug-likeness (QED) is 0.792. The number of nitrogens with one attached hydrogen (secondary N) is 1. The number of halogens is 2. The van der Waals surface area contributed by atoms with Crippen LogP contribution in [-0.4, -0.2) is 44.7 Å². The molecule has 0 aliphatic carbocycles. The van der Waals surface area contributed by atoms with E-state index in [0.29, 0.717) is 43.2 Å². The zero-order valence-electron chi connectivity index (χ0n) is 16.3. The monoisotopic (exact) mass is 404 g/mol. The first-order chi connectivity index (χ1) is 13.4. The molecule has 1 heterocycles. The second-order valence-electron chi connectivity index (χ2n) is 7.42. The fourth-order valence-electron chi connectivity index (χ4n) is 3.86. The van der Waals surface area contributed by atoms with Gasteiger partial charge in [-0.3, -0.25) is 4.79 Å². The fourth-order valence-corrected chi connectivity index (χ4v) is 4.06. The zero-order chi connectivity index (χ0) is 20.1. The van der Waals surface area contributed by atoms with Gasteiger partial charge in [0, 0.05) is 30.3 Å². The van der Waals surface area contributed by atoms with Gasteiger partial charge in [-0.1, -0.05) is 41.9 Å². The van der Waals surface area contributed by atoms with Crippen LogP contribution in [0, 0.1) is 5.82 Å². The highest BCUT2D eigenvalue weighted by molar-refractivity contribution is 6.30. The number of carbonyl (C=O) groups is 1. The Balaban J connectivity index is 1.83. The smallest absolute Gasteiger partial charge is 0.231 e. The minimum absolute atomic E-state index is 0.0415. The van der Waals surface area contributed by atoms with Crippen LogP contribution in [0.4, 0.5) is 4.39 Å². The van der Waals surface area contributed by atoms with Crippen molar-refractivity contribution in [3.05, 3.63) is 70.5 Å². The number of benzene rings is 2. The summed E-state index contributed by atoms with van der Waals surface area (Å²) in [6.07, 6.45) is 0.924. The first kappa shape index (κ1) is 20.8. The Labute approximate surface area is 170 Å². The van der Waals surface area contributed by atoms with Crippen LogP contribution >= 0.6 is 11.6 Å². The van der Waals surface area contributed by atoms with Crippen molar-refractivity contribution in [3.63, 3.8) is 0 Å². The average Bonchev–Trinajstić information content (AvgIpc) is 2.68. The van der Waals surface area contributed by atoms with E-state index < -0.39 is 5.41 Å². The van der Waals surface area contributed by atoms with Crippen LogP contribution in [0.25, 0.3) is 0 Å². The summed E-state index contributed by atoms with van der Waals surface area (Å²) in [5, 5.41) is 3.73. The molecule has 28 heavy (non-hydrogen) atoms. The number of carbonyl (C=O) groups excluding carboxylic acids is 1. The van der Waals surface area contributed by atoms with Crippen LogP contribution in [-0.2, 0) is 14.9 Å². The van der Waals surface area contributed by atoms with Gasteiger partial charge in [-0.15, -0.1) is 0 Å². The third kappa shape index (κ3) is 4.37. The number of ether oxygens (including phenoxy) is 1. The van der Waals surface area contributed by atoms with Crippen molar-refractivity contribution in [3.8, 4) is 0 Å². The van der Waals surface area contributed by atoms with Gasteiger partial charge in [0.2, 0.25) is 5.91 Å². The standard InChI is InChI=1S/C22H26ClFN2O2/c1-26(2)20(16-6-5-7-17(23)14-16)15-25-21(27)22(10-12-28-13-11-22)18-8-3-4-9-19(18)24/h3-9,14,20H,10-13,15H2,1-2H3,(H,25,27). The summed E-state index contributed by atoms with van der Waals surface area (Å²) in [6.45, 7) is 1.28. The molecule has 1 fully saturated rings. The maximum atomic E-state index is 14.6. The van der Waals surface area contributed by atoms with Gasteiger partial charge in [-0.25, -0.2) is 4.39 Å². The minimum Gasteiger partial charge on any atom is -0.381 e. The summed E-state index contributed by atoms with van der Waals surface area (Å²) in [4.78, 5) is 15.4. The van der Waals surface area contributed by atoms with Crippen molar-refractivity contribution in [2.24, 2.45) is 0 Å². The SMILES string of the molecule is CN(C)C(CNC(=O)C1(c2ccccc2F)CCOCC1)c1cccc(Cl)c1. The first-order valence-electron chi connectivity index (χ1n) is 9.47. The number of amides is 1. The molecule has 0 saturated carbocycles. The number of nitrogens with zero attached hydrogens (tertiary/aromatic N) is 1. The Morgan fingerprint density at radius 3 is 2.57 bits per heavy atom. The van der Waals surface area contributed by atoms with Crippen LogP contribution in [0.3, 0.4) is 0 Å². The van der Waals surface area contributed by atoms with E-state index >= 15 is 0 Å². The summed E-state index contributed by atoms with van der Waals surface area (Å²) < 4.78 is 20.0. The van der Waals surface area contributed by atoms with Crippen LogP contribution in [0.15, 0.2) is 48.5 Å². The van der Waals surface area contributed by atoms with Crippen molar-refractivity contribution in [1.82, 2.24) is 10.2 Å². The van der Waals surface area contributed by atoms with E-state index in [1.54, 1.807) is 18.2 Å². The summed E-state index contributed by atoms with van der Waals surface area (Å²) >= 11 is 6.14. The lowest BCUT2D eigenvalue weighted by Gasteiger charge is -2.37. The van der Waals surface area contributed by atoms with Gasteiger partial charge < -0.3 is 15.0 Å². The molecule has 1 atom stereocenters. The predicted octanol–water partition coefficient (Wildman–Crippen LogP) is 3.95. The minimum atomic E-state index is -0.908. The van der Waals surface area contributed by atoms with E-state index in [4.69, 9.17) is 16.3 Å². The Morgan fingerprint density at radius 1 is 1.21 bits per heavy atom. The molecule has 0 bridgehead atoms. The van der Waals surface area contributed by atoms with Crippen molar-refractivity contribution >= 4 is 17.5 Å². The van der Waals surface area contributed by atoms with Gasteiger partial charge >= 0.3 is 0 Å². The Hall–Kier alpha value is -1.95. The van der Waals surface area contributed by atoms with Gasteiger partial charge in [-0.05, 0) is 50.7 Å². The molecular formula is C22H26ClFN2O2. The second kappa shape index (κ2) is 9.03. The third-order valence-electron chi connectivity index (χ3n) is 5.48. The molecule has 0 aromatic heterocycles. The van der Waals surface area contributed by atoms with E-state index in [-0.39, 0.29) is 17.8 Å². The fraction of sp³-hybridized carbons (Fsp3) is 0.409. The number of likely N-dealkylation sites (N-methyl/N-ethyl adjacent to an activating group) is 1. The van der Waals surface area contributed by atoms with Crippen molar-refractivity contribution in [2.45, 2.75) is 24.3 Å². The molecule has 1 aliphatic rings. The molecule has 0 radical (unpaired) electrons. The normalized spacial score (nSPS) is 17.3. The molecule has 6 heteroatoms. The lowest BCUT2D eigenvalue weighted by molar-refractivity contribution is -0.130. The first-order valence-corrected chi connectivity index (χ1v) is 9.85. The topological polar surface area (TPSA) is 41.6 Å². The molecule has 1 amide bonds. The van der Waals surface area contributed by atoms with E-state index in [9.17, 15) is 9.18 Å². The van der Waals surface area contributed by atoms with Gasteiger partial charge in [0.25, 0.3) is 0 Å². The Morgan fingerprint density at radius 2 is 1.93 bits per heavy atom. The predicted molar refractivity (Wildman–Crippen MR) is 109 cm³/mol. The molecule has 1 N–H and O–H groups in total. The van der Waals surface area contributed by atoms with Crippen LogP contribution in [0.1, 0.15) is 30.0 Å². The van der Waals surface area contributed by atoms with E-state index in [2.05, 4.69) is 5.32 Å². The highest BCUT2D eigenvalue weighted by atomic mass is 35.5. The molecule has 3 rings (SSSR count). The molecule has 1 aliphatic heterocycles. The maximum absolute atomic E-state index is 14.6. The van der Waals surface area contributed by atoms with Gasteiger partial charge in [0.05, 0.1) is 11.5 Å². The van der Waals surface area contributed by atoms with E-state index in [0.717, 1.165) is 5.56 Å². The summed E-state index contributed by atoms with van der Waals surface area (Å²) in [5.74, 6) is -0.506. The molecule has 2 aromatic rings. The van der Waals surface area contributed by atoms with Crippen molar-refractivity contribution in [1.29, 1.82) is 0 Å². The molecule has 1 unspecified atom stereocenters. The Bertz CT molecular complexity index is 822. The number of hydrogen-bond donors (Lipinski definition) is 1. The van der Waals surface area contributed by atoms with Crippen molar-refractivity contribution < 1.29 is 13.9 Å². The molecule has 4 nitrogen and oxygen atoms in total. The highest BCUT2D eigenvalue weighted by Crippen LogP contribution is 2.37. The lowest BCUT2D eigenvalue weighted by atomic mass is 9.73. The van der Waals surface area contributed by atoms with Gasteiger partial charge in [0.15, 0.2) is 0 Å². The summed E-state index contributed by atoms with van der Waals surface area (Å²) in [6, 6.07) is 14.1. The lowest BCUT2D eigenvalue weighted by Crippen LogP contribution is -2.50. The van der Waals surface area contributed by atoms with Crippen LogP contribution in [0.2, 0.25) is 5.02 Å². The van der Waals surface area contributed by atoms with Crippen molar-refractivity contribution in [2.75, 3.05) is 33.9 Å². The van der Waals surface area contributed by atoms with Gasteiger partial charge in [0.1, 0.15) is 5.82 Å².